The fraction of sp³-hybridized carbons (Fsp3) is 0.300. The van der Waals surface area contributed by atoms with Crippen molar-refractivity contribution in [2.24, 2.45) is 4.99 Å². The standard InChI is InChI=1S/C20H22N2O2/c1-24-20(23)17-6-5-7-18(14-17)21-15-16-8-10-19(11-9-16)22-12-3-2-4-13-22/h5-11,14-15H,2-4,12-13H2,1H3. The molecule has 0 saturated carbocycles. The third-order valence-corrected chi connectivity index (χ3v) is 4.24. The van der Waals surface area contributed by atoms with Crippen molar-refractivity contribution in [3.63, 3.8) is 0 Å². The summed E-state index contributed by atoms with van der Waals surface area (Å²) in [6, 6.07) is 15.6. The van der Waals surface area contributed by atoms with E-state index in [0.29, 0.717) is 5.56 Å². The number of benzene rings is 2. The third-order valence-electron chi connectivity index (χ3n) is 4.24. The van der Waals surface area contributed by atoms with Crippen molar-refractivity contribution in [3.8, 4) is 0 Å². The number of ether oxygens (including phenoxy) is 1. The van der Waals surface area contributed by atoms with Gasteiger partial charge >= 0.3 is 5.97 Å². The first-order chi connectivity index (χ1) is 11.8. The third kappa shape index (κ3) is 4.02. The molecule has 1 aliphatic heterocycles. The molecule has 1 heterocycles. The molecule has 3 rings (SSSR count). The lowest BCUT2D eigenvalue weighted by atomic mass is 10.1. The average Bonchev–Trinajstić information content (AvgIpc) is 2.67. The van der Waals surface area contributed by atoms with Gasteiger partial charge in [-0.3, -0.25) is 4.99 Å². The molecule has 4 heteroatoms. The largest absolute Gasteiger partial charge is 0.465 e. The normalized spacial score (nSPS) is 14.8. The second-order valence-electron chi connectivity index (χ2n) is 5.94. The molecule has 0 unspecified atom stereocenters. The highest BCUT2D eigenvalue weighted by Gasteiger charge is 2.10. The van der Waals surface area contributed by atoms with Crippen LogP contribution in [0.15, 0.2) is 53.5 Å². The van der Waals surface area contributed by atoms with Crippen LogP contribution in [0.3, 0.4) is 0 Å². The fourth-order valence-electron chi connectivity index (χ4n) is 2.90. The van der Waals surface area contributed by atoms with Crippen LogP contribution in [0.4, 0.5) is 11.4 Å². The molecule has 2 aromatic carbocycles. The Morgan fingerprint density at radius 2 is 1.83 bits per heavy atom. The summed E-state index contributed by atoms with van der Waals surface area (Å²) < 4.78 is 4.73. The van der Waals surface area contributed by atoms with Crippen molar-refractivity contribution >= 4 is 23.6 Å². The van der Waals surface area contributed by atoms with E-state index in [9.17, 15) is 4.79 Å². The number of hydrogen-bond donors (Lipinski definition) is 0. The number of nitrogens with zero attached hydrogens (tertiary/aromatic N) is 2. The van der Waals surface area contributed by atoms with Crippen molar-refractivity contribution in [2.75, 3.05) is 25.1 Å². The number of carbonyl (C=O) groups is 1. The number of methoxy groups -OCH3 is 1. The molecule has 4 nitrogen and oxygen atoms in total. The molecule has 0 amide bonds. The van der Waals surface area contributed by atoms with Gasteiger partial charge < -0.3 is 9.64 Å². The van der Waals surface area contributed by atoms with Gasteiger partial charge in [0.05, 0.1) is 18.4 Å². The molecular weight excluding hydrogens is 300 g/mol. The number of hydrogen-bond acceptors (Lipinski definition) is 4. The first-order valence-corrected chi connectivity index (χ1v) is 8.34. The zero-order valence-electron chi connectivity index (χ0n) is 13.9. The van der Waals surface area contributed by atoms with Crippen LogP contribution in [0.1, 0.15) is 35.2 Å². The molecule has 0 spiro atoms. The van der Waals surface area contributed by atoms with Crippen LogP contribution in [-0.4, -0.2) is 32.4 Å². The Labute approximate surface area is 142 Å². The van der Waals surface area contributed by atoms with Crippen LogP contribution in [0.5, 0.6) is 0 Å². The Bertz CT molecular complexity index is 717. The molecular formula is C20H22N2O2. The van der Waals surface area contributed by atoms with E-state index >= 15 is 0 Å². The van der Waals surface area contributed by atoms with Gasteiger partial charge in [-0.05, 0) is 55.2 Å². The Morgan fingerprint density at radius 3 is 2.54 bits per heavy atom. The zero-order chi connectivity index (χ0) is 16.8. The van der Waals surface area contributed by atoms with Crippen molar-refractivity contribution in [1.29, 1.82) is 0 Å². The van der Waals surface area contributed by atoms with Gasteiger partial charge in [-0.1, -0.05) is 18.2 Å². The number of carbonyl (C=O) groups excluding carboxylic acids is 1. The second-order valence-corrected chi connectivity index (χ2v) is 5.94. The van der Waals surface area contributed by atoms with Crippen molar-refractivity contribution in [2.45, 2.75) is 19.3 Å². The predicted octanol–water partition coefficient (Wildman–Crippen LogP) is 4.21. The van der Waals surface area contributed by atoms with Crippen LogP contribution in [0, 0.1) is 0 Å². The lowest BCUT2D eigenvalue weighted by Gasteiger charge is -2.28. The zero-order valence-corrected chi connectivity index (χ0v) is 13.9. The number of esters is 1. The summed E-state index contributed by atoms with van der Waals surface area (Å²) >= 11 is 0. The highest BCUT2D eigenvalue weighted by atomic mass is 16.5. The smallest absolute Gasteiger partial charge is 0.337 e. The second kappa shape index (κ2) is 7.77. The first kappa shape index (κ1) is 16.2. The van der Waals surface area contributed by atoms with Crippen LogP contribution in [0.2, 0.25) is 0 Å². The van der Waals surface area contributed by atoms with E-state index in [-0.39, 0.29) is 5.97 Å². The molecule has 124 valence electrons. The van der Waals surface area contributed by atoms with E-state index in [1.807, 2.05) is 12.3 Å². The van der Waals surface area contributed by atoms with Gasteiger partial charge in [0.25, 0.3) is 0 Å². The predicted molar refractivity (Wildman–Crippen MR) is 97.5 cm³/mol. The number of piperidine rings is 1. The lowest BCUT2D eigenvalue weighted by molar-refractivity contribution is 0.0601. The minimum Gasteiger partial charge on any atom is -0.465 e. The van der Waals surface area contributed by atoms with Crippen molar-refractivity contribution in [3.05, 3.63) is 59.7 Å². The van der Waals surface area contributed by atoms with E-state index in [1.54, 1.807) is 18.2 Å². The maximum Gasteiger partial charge on any atom is 0.337 e. The average molecular weight is 322 g/mol. The van der Waals surface area contributed by atoms with Gasteiger partial charge in [0.2, 0.25) is 0 Å². The molecule has 0 bridgehead atoms. The van der Waals surface area contributed by atoms with E-state index in [1.165, 1.54) is 32.1 Å². The summed E-state index contributed by atoms with van der Waals surface area (Å²) in [4.78, 5) is 18.4. The molecule has 1 aliphatic rings. The molecule has 1 fully saturated rings. The van der Waals surface area contributed by atoms with Crippen molar-refractivity contribution < 1.29 is 9.53 Å². The van der Waals surface area contributed by atoms with Gasteiger partial charge in [0, 0.05) is 25.0 Å². The van der Waals surface area contributed by atoms with E-state index in [0.717, 1.165) is 24.3 Å². The highest BCUT2D eigenvalue weighted by molar-refractivity contribution is 5.90. The molecule has 1 saturated heterocycles. The first-order valence-electron chi connectivity index (χ1n) is 8.34. The number of rotatable bonds is 4. The molecule has 0 aliphatic carbocycles. The molecule has 0 aromatic heterocycles. The monoisotopic (exact) mass is 322 g/mol. The van der Waals surface area contributed by atoms with Crippen molar-refractivity contribution in [1.82, 2.24) is 0 Å². The van der Waals surface area contributed by atoms with E-state index < -0.39 is 0 Å². The number of aliphatic imine (C=N–C) groups is 1. The fourth-order valence-corrected chi connectivity index (χ4v) is 2.90. The maximum absolute atomic E-state index is 11.5. The summed E-state index contributed by atoms with van der Waals surface area (Å²) in [5.41, 5.74) is 3.56. The molecule has 24 heavy (non-hydrogen) atoms. The summed E-state index contributed by atoms with van der Waals surface area (Å²) in [6.45, 7) is 2.29. The van der Waals surface area contributed by atoms with Gasteiger partial charge in [-0.25, -0.2) is 4.79 Å². The van der Waals surface area contributed by atoms with Gasteiger partial charge in [0.1, 0.15) is 0 Å². The van der Waals surface area contributed by atoms with Crippen LogP contribution in [-0.2, 0) is 4.74 Å². The van der Waals surface area contributed by atoms with E-state index in [4.69, 9.17) is 4.74 Å². The topological polar surface area (TPSA) is 41.9 Å². The van der Waals surface area contributed by atoms with Crippen LogP contribution >= 0.6 is 0 Å². The summed E-state index contributed by atoms with van der Waals surface area (Å²) in [5, 5.41) is 0. The Morgan fingerprint density at radius 1 is 1.08 bits per heavy atom. The quantitative estimate of drug-likeness (QED) is 0.625. The summed E-state index contributed by atoms with van der Waals surface area (Å²) in [6.07, 6.45) is 5.71. The van der Waals surface area contributed by atoms with Crippen LogP contribution in [0.25, 0.3) is 0 Å². The van der Waals surface area contributed by atoms with Gasteiger partial charge in [0.15, 0.2) is 0 Å². The molecule has 2 aromatic rings. The minimum atomic E-state index is -0.349. The van der Waals surface area contributed by atoms with Gasteiger partial charge in [-0.2, -0.15) is 0 Å². The molecule has 0 N–H and O–H groups in total. The molecule has 0 atom stereocenters. The lowest BCUT2D eigenvalue weighted by Crippen LogP contribution is -2.29. The highest BCUT2D eigenvalue weighted by Crippen LogP contribution is 2.20. The Hall–Kier alpha value is -2.62. The van der Waals surface area contributed by atoms with E-state index in [2.05, 4.69) is 34.2 Å². The summed E-state index contributed by atoms with van der Waals surface area (Å²) in [5.74, 6) is -0.349. The Balaban J connectivity index is 1.69. The summed E-state index contributed by atoms with van der Waals surface area (Å²) in [7, 11) is 1.38. The minimum absolute atomic E-state index is 0.349. The Kier molecular flexibility index (Phi) is 5.26. The maximum atomic E-state index is 11.5. The SMILES string of the molecule is COC(=O)c1cccc(N=Cc2ccc(N3CCCCC3)cc2)c1. The van der Waals surface area contributed by atoms with Crippen LogP contribution < -0.4 is 4.90 Å². The van der Waals surface area contributed by atoms with Gasteiger partial charge in [-0.15, -0.1) is 0 Å². The molecule has 0 radical (unpaired) electrons. The number of anilines is 1.